The fourth-order valence-electron chi connectivity index (χ4n) is 2.44. The fourth-order valence-corrected chi connectivity index (χ4v) is 2.44. The molecule has 1 fully saturated rings. The summed E-state index contributed by atoms with van der Waals surface area (Å²) in [6.07, 6.45) is 4.54. The van der Waals surface area contributed by atoms with Crippen LogP contribution in [0.1, 0.15) is 44.2 Å². The molecular weight excluding hydrogens is 238 g/mol. The highest BCUT2D eigenvalue weighted by molar-refractivity contribution is 5.29. The fraction of sp³-hybridized carbons (Fsp3) is 0.625. The smallest absolute Gasteiger partial charge is 0.119 e. The summed E-state index contributed by atoms with van der Waals surface area (Å²) in [4.78, 5) is 0. The highest BCUT2D eigenvalue weighted by Crippen LogP contribution is 2.27. The molecule has 1 aromatic rings. The Balaban J connectivity index is 1.89. The number of ether oxygens (including phenoxy) is 2. The second kappa shape index (κ2) is 7.51. The summed E-state index contributed by atoms with van der Waals surface area (Å²) in [5.74, 6) is 1.38. The topological polar surface area (TPSA) is 44.5 Å². The lowest BCUT2D eigenvalue weighted by atomic mass is 9.89. The monoisotopic (exact) mass is 263 g/mol. The first-order valence-electron chi connectivity index (χ1n) is 7.37. The Morgan fingerprint density at radius 1 is 1.37 bits per heavy atom. The van der Waals surface area contributed by atoms with Crippen molar-refractivity contribution in [2.24, 2.45) is 11.7 Å². The second-order valence-corrected chi connectivity index (χ2v) is 5.27. The first-order chi connectivity index (χ1) is 9.31. The van der Waals surface area contributed by atoms with E-state index >= 15 is 0 Å². The van der Waals surface area contributed by atoms with Gasteiger partial charge in [0.05, 0.1) is 13.2 Å². The predicted molar refractivity (Wildman–Crippen MR) is 77.3 cm³/mol. The Hall–Kier alpha value is -1.06. The van der Waals surface area contributed by atoms with E-state index in [1.54, 1.807) is 0 Å². The molecule has 0 aromatic heterocycles. The van der Waals surface area contributed by atoms with Crippen molar-refractivity contribution < 1.29 is 9.47 Å². The Morgan fingerprint density at radius 2 is 2.16 bits per heavy atom. The second-order valence-electron chi connectivity index (χ2n) is 5.27. The van der Waals surface area contributed by atoms with Gasteiger partial charge in [0.2, 0.25) is 0 Å². The third-order valence-corrected chi connectivity index (χ3v) is 3.74. The molecule has 0 saturated carbocycles. The van der Waals surface area contributed by atoms with Crippen molar-refractivity contribution in [2.45, 2.75) is 38.6 Å². The first-order valence-corrected chi connectivity index (χ1v) is 7.37. The van der Waals surface area contributed by atoms with E-state index in [1.807, 2.05) is 12.1 Å². The lowest BCUT2D eigenvalue weighted by Crippen LogP contribution is -2.28. The number of nitrogens with two attached hydrogens (primary N) is 1. The molecule has 106 valence electrons. The van der Waals surface area contributed by atoms with Crippen molar-refractivity contribution in [2.75, 3.05) is 19.8 Å². The normalized spacial score (nSPS) is 21.1. The van der Waals surface area contributed by atoms with Crippen LogP contribution in [0.4, 0.5) is 0 Å². The summed E-state index contributed by atoms with van der Waals surface area (Å²) in [5.41, 5.74) is 7.50. The van der Waals surface area contributed by atoms with Gasteiger partial charge in [0, 0.05) is 18.6 Å². The minimum atomic E-state index is 0.0741. The molecule has 0 radical (unpaired) electrons. The zero-order valence-electron chi connectivity index (χ0n) is 11.8. The van der Waals surface area contributed by atoms with Crippen molar-refractivity contribution in [1.29, 1.82) is 0 Å². The summed E-state index contributed by atoms with van der Waals surface area (Å²) in [5, 5.41) is 0. The molecule has 1 aliphatic rings. The average molecular weight is 263 g/mol. The van der Waals surface area contributed by atoms with Crippen LogP contribution in [0.2, 0.25) is 0 Å². The Morgan fingerprint density at radius 3 is 2.79 bits per heavy atom. The van der Waals surface area contributed by atoms with Crippen LogP contribution < -0.4 is 10.5 Å². The largest absolute Gasteiger partial charge is 0.494 e. The third-order valence-electron chi connectivity index (χ3n) is 3.74. The van der Waals surface area contributed by atoms with Gasteiger partial charge in [-0.1, -0.05) is 25.5 Å². The summed E-state index contributed by atoms with van der Waals surface area (Å²) >= 11 is 0. The molecule has 0 aliphatic carbocycles. The summed E-state index contributed by atoms with van der Waals surface area (Å²) in [6.45, 7) is 4.62. The number of benzene rings is 1. The molecule has 3 heteroatoms. The van der Waals surface area contributed by atoms with Gasteiger partial charge < -0.3 is 15.2 Å². The molecule has 0 spiro atoms. The molecule has 2 rings (SSSR count). The van der Waals surface area contributed by atoms with Gasteiger partial charge in [0.15, 0.2) is 0 Å². The van der Waals surface area contributed by atoms with Crippen molar-refractivity contribution in [3.63, 3.8) is 0 Å². The van der Waals surface area contributed by atoms with Crippen LogP contribution in [0.25, 0.3) is 0 Å². The molecule has 0 bridgehead atoms. The van der Waals surface area contributed by atoms with E-state index in [1.165, 1.54) is 5.56 Å². The average Bonchev–Trinajstić information content (AvgIpc) is 2.48. The maximum absolute atomic E-state index is 6.32. The summed E-state index contributed by atoms with van der Waals surface area (Å²) < 4.78 is 11.2. The van der Waals surface area contributed by atoms with Crippen LogP contribution in [0, 0.1) is 5.92 Å². The molecule has 2 N–H and O–H groups in total. The van der Waals surface area contributed by atoms with Crippen LogP contribution in [0.3, 0.4) is 0 Å². The van der Waals surface area contributed by atoms with Crippen molar-refractivity contribution in [3.8, 4) is 5.75 Å². The molecule has 1 aromatic carbocycles. The lowest BCUT2D eigenvalue weighted by Gasteiger charge is -2.27. The highest BCUT2D eigenvalue weighted by atomic mass is 16.5. The van der Waals surface area contributed by atoms with Gasteiger partial charge >= 0.3 is 0 Å². The molecule has 0 amide bonds. The number of hydrogen-bond acceptors (Lipinski definition) is 3. The minimum Gasteiger partial charge on any atom is -0.494 e. The van der Waals surface area contributed by atoms with E-state index in [-0.39, 0.29) is 6.04 Å². The molecule has 3 nitrogen and oxygen atoms in total. The van der Waals surface area contributed by atoms with Gasteiger partial charge in [-0.2, -0.15) is 0 Å². The quantitative estimate of drug-likeness (QED) is 0.801. The lowest BCUT2D eigenvalue weighted by molar-refractivity contribution is 0.0447. The van der Waals surface area contributed by atoms with Crippen molar-refractivity contribution >= 4 is 0 Å². The van der Waals surface area contributed by atoms with Gasteiger partial charge in [-0.3, -0.25) is 0 Å². The highest BCUT2D eigenvalue weighted by Gasteiger charge is 2.22. The number of rotatable bonds is 6. The Bertz CT molecular complexity index is 358. The maximum atomic E-state index is 6.32. The molecule has 19 heavy (non-hydrogen) atoms. The molecule has 2 unspecified atom stereocenters. The van der Waals surface area contributed by atoms with E-state index in [0.717, 1.165) is 51.3 Å². The zero-order valence-corrected chi connectivity index (χ0v) is 11.8. The van der Waals surface area contributed by atoms with Crippen LogP contribution in [-0.2, 0) is 4.74 Å². The summed E-state index contributed by atoms with van der Waals surface area (Å²) in [6, 6.07) is 8.29. The van der Waals surface area contributed by atoms with Gasteiger partial charge in [-0.05, 0) is 37.0 Å². The van der Waals surface area contributed by atoms with Gasteiger partial charge in [-0.25, -0.2) is 0 Å². The molecule has 1 aliphatic heterocycles. The molecule has 1 saturated heterocycles. The molecule has 2 atom stereocenters. The van der Waals surface area contributed by atoms with Gasteiger partial charge in [0.25, 0.3) is 0 Å². The summed E-state index contributed by atoms with van der Waals surface area (Å²) in [7, 11) is 0. The SMILES string of the molecule is CCCCOc1ccc(C(N)C2CCCOC2)cc1. The van der Waals surface area contributed by atoms with E-state index in [0.29, 0.717) is 5.92 Å². The first kappa shape index (κ1) is 14.4. The predicted octanol–water partition coefficient (Wildman–Crippen LogP) is 3.29. The van der Waals surface area contributed by atoms with E-state index < -0.39 is 0 Å². The minimum absolute atomic E-state index is 0.0741. The van der Waals surface area contributed by atoms with Gasteiger partial charge in [0.1, 0.15) is 5.75 Å². The standard InChI is InChI=1S/C16H25NO2/c1-2-3-11-19-15-8-6-13(7-9-15)16(17)14-5-4-10-18-12-14/h6-9,14,16H,2-5,10-12,17H2,1H3. The van der Waals surface area contributed by atoms with E-state index in [2.05, 4.69) is 19.1 Å². The van der Waals surface area contributed by atoms with Crippen LogP contribution in [0.15, 0.2) is 24.3 Å². The van der Waals surface area contributed by atoms with Crippen molar-refractivity contribution in [3.05, 3.63) is 29.8 Å². The Kier molecular flexibility index (Phi) is 5.67. The molecular formula is C16H25NO2. The zero-order chi connectivity index (χ0) is 13.5. The van der Waals surface area contributed by atoms with E-state index in [9.17, 15) is 0 Å². The van der Waals surface area contributed by atoms with Crippen LogP contribution in [0.5, 0.6) is 5.75 Å². The number of unbranched alkanes of at least 4 members (excludes halogenated alkanes) is 1. The number of hydrogen-bond donors (Lipinski definition) is 1. The van der Waals surface area contributed by atoms with Crippen molar-refractivity contribution in [1.82, 2.24) is 0 Å². The van der Waals surface area contributed by atoms with Gasteiger partial charge in [-0.15, -0.1) is 0 Å². The maximum Gasteiger partial charge on any atom is 0.119 e. The van der Waals surface area contributed by atoms with Crippen LogP contribution in [-0.4, -0.2) is 19.8 Å². The van der Waals surface area contributed by atoms with Crippen LogP contribution >= 0.6 is 0 Å². The Labute approximate surface area is 116 Å². The van der Waals surface area contributed by atoms with E-state index in [4.69, 9.17) is 15.2 Å². The third kappa shape index (κ3) is 4.22. The molecule has 1 heterocycles.